The molecule has 0 radical (unpaired) electrons. The number of benzene rings is 1. The Balaban J connectivity index is 1.90. The van der Waals surface area contributed by atoms with E-state index in [9.17, 15) is 39.6 Å². The van der Waals surface area contributed by atoms with Gasteiger partial charge >= 0.3 is 0 Å². The van der Waals surface area contributed by atoms with Crippen LogP contribution in [-0.4, -0.2) is 88.5 Å². The number of likely N-dealkylation sites (N-methyl/N-ethyl adjacent to an activating group) is 1. The van der Waals surface area contributed by atoms with E-state index >= 15 is 0 Å². The van der Waals surface area contributed by atoms with Crippen molar-refractivity contribution in [3.63, 3.8) is 0 Å². The van der Waals surface area contributed by atoms with Gasteiger partial charge in [0.2, 0.25) is 11.7 Å². The van der Waals surface area contributed by atoms with Gasteiger partial charge in [-0.1, -0.05) is 20.8 Å². The lowest BCUT2D eigenvalue weighted by atomic mass is 9.58. The van der Waals surface area contributed by atoms with Crippen molar-refractivity contribution < 1.29 is 39.6 Å². The molecule has 12 heteroatoms. The molecular weight excluding hydrogens is 532 g/mol. The molecule has 7 N–H and O–H groups in total. The third-order valence-corrected chi connectivity index (χ3v) is 8.38. The number of nitrogens with zero attached hydrogens (tertiary/aromatic N) is 2. The molecule has 0 fully saturated rings. The van der Waals surface area contributed by atoms with Crippen LogP contribution in [0.15, 0.2) is 28.7 Å². The zero-order valence-corrected chi connectivity index (χ0v) is 24.3. The summed E-state index contributed by atoms with van der Waals surface area (Å²) >= 11 is 0. The summed E-state index contributed by atoms with van der Waals surface area (Å²) in [5.41, 5.74) is 2.20. The number of fused-ring (bicyclic) bond motifs is 3. The fourth-order valence-electron chi connectivity index (χ4n) is 6.33. The maximum Gasteiger partial charge on any atom is 0.255 e. The number of allylic oxidation sites excluding steroid dienone is 1. The van der Waals surface area contributed by atoms with E-state index in [1.165, 1.54) is 4.90 Å². The quantitative estimate of drug-likeness (QED) is 0.276. The Hall–Kier alpha value is -3.90. The van der Waals surface area contributed by atoms with Gasteiger partial charge in [-0.3, -0.25) is 24.1 Å². The number of rotatable bonds is 5. The third-order valence-electron chi connectivity index (χ3n) is 8.38. The zero-order chi connectivity index (χ0) is 30.9. The normalized spacial score (nSPS) is 26.0. The summed E-state index contributed by atoms with van der Waals surface area (Å²) in [7, 11) is 6.70. The van der Waals surface area contributed by atoms with Crippen LogP contribution in [-0.2, 0) is 27.3 Å². The predicted molar refractivity (Wildman–Crippen MR) is 149 cm³/mol. The van der Waals surface area contributed by atoms with Gasteiger partial charge in [-0.05, 0) is 44.5 Å². The maximum absolute atomic E-state index is 14.1. The van der Waals surface area contributed by atoms with Crippen molar-refractivity contribution in [2.24, 2.45) is 23.0 Å². The number of hydrogen-bond acceptors (Lipinski definition) is 10. The fraction of sp³-hybridized carbons (Fsp3) is 0.517. The average Bonchev–Trinajstić information content (AvgIpc) is 2.84. The highest BCUT2D eigenvalue weighted by Crippen LogP contribution is 2.53. The molecule has 3 aliphatic rings. The van der Waals surface area contributed by atoms with Crippen molar-refractivity contribution in [2.75, 3.05) is 33.1 Å². The van der Waals surface area contributed by atoms with E-state index in [1.807, 2.05) is 0 Å². The van der Waals surface area contributed by atoms with Crippen LogP contribution < -0.4 is 16.0 Å². The van der Waals surface area contributed by atoms with Crippen LogP contribution in [0.3, 0.4) is 0 Å². The molecule has 0 saturated heterocycles. The largest absolute Gasteiger partial charge is 0.510 e. The molecule has 1 aromatic carbocycles. The van der Waals surface area contributed by atoms with Crippen molar-refractivity contribution in [3.8, 4) is 5.75 Å². The summed E-state index contributed by atoms with van der Waals surface area (Å²) in [6.07, 6.45) is 0.174. The van der Waals surface area contributed by atoms with E-state index in [1.54, 1.807) is 59.9 Å². The standard InChI is InChI=1S/C29H38N4O8/c1-28(2,3)27(40)31-11-13-10-16(32(4)5)14-8-12-9-15-20(33(6)7)23(36)19(26(30)39)25(38)29(15,41)24(37)17(12)22(35)18(14)21(13)34/h10,12,15,20,34,36-37,41H,8-9,11H2,1-7H3,(H2,30,39)(H,31,40)/t12-,15-,20-,29-/m0/s1. The van der Waals surface area contributed by atoms with E-state index in [2.05, 4.69) is 5.32 Å². The number of hydrogen-bond donors (Lipinski definition) is 6. The second kappa shape index (κ2) is 9.88. The number of aliphatic hydroxyl groups excluding tert-OH is 2. The van der Waals surface area contributed by atoms with Crippen molar-refractivity contribution in [3.05, 3.63) is 45.4 Å². The summed E-state index contributed by atoms with van der Waals surface area (Å²) in [6.45, 7) is 5.16. The molecule has 0 aliphatic heterocycles. The Morgan fingerprint density at radius 1 is 1.12 bits per heavy atom. The molecule has 2 amide bonds. The van der Waals surface area contributed by atoms with Gasteiger partial charge in [-0.15, -0.1) is 0 Å². The number of ketones is 2. The number of primary amides is 1. The van der Waals surface area contributed by atoms with Crippen LogP contribution in [0.25, 0.3) is 0 Å². The summed E-state index contributed by atoms with van der Waals surface area (Å²) in [6, 6.07) is 0.634. The van der Waals surface area contributed by atoms with Gasteiger partial charge in [0.1, 0.15) is 22.8 Å². The molecular formula is C29H38N4O8. The van der Waals surface area contributed by atoms with Gasteiger partial charge in [0.25, 0.3) is 5.91 Å². The lowest BCUT2D eigenvalue weighted by molar-refractivity contribution is -0.148. The molecule has 0 aromatic heterocycles. The summed E-state index contributed by atoms with van der Waals surface area (Å²) in [4.78, 5) is 55.4. The first kappa shape index (κ1) is 30.1. The van der Waals surface area contributed by atoms with Gasteiger partial charge in [0.05, 0.1) is 11.6 Å². The van der Waals surface area contributed by atoms with Crippen LogP contribution in [0.4, 0.5) is 5.69 Å². The van der Waals surface area contributed by atoms with E-state index in [0.717, 1.165) is 0 Å². The van der Waals surface area contributed by atoms with Crippen molar-refractivity contribution in [1.29, 1.82) is 0 Å². The minimum Gasteiger partial charge on any atom is -0.510 e. The molecule has 0 bridgehead atoms. The number of nitrogens with one attached hydrogen (secondary N) is 1. The first-order valence-electron chi connectivity index (χ1n) is 13.3. The van der Waals surface area contributed by atoms with E-state index in [0.29, 0.717) is 11.3 Å². The molecule has 222 valence electrons. The van der Waals surface area contributed by atoms with Gasteiger partial charge in [0, 0.05) is 48.8 Å². The molecule has 0 saturated carbocycles. The van der Waals surface area contributed by atoms with Gasteiger partial charge in [-0.25, -0.2) is 0 Å². The van der Waals surface area contributed by atoms with Crippen LogP contribution in [0, 0.1) is 17.3 Å². The monoisotopic (exact) mass is 570 g/mol. The highest BCUT2D eigenvalue weighted by atomic mass is 16.3. The fourth-order valence-corrected chi connectivity index (χ4v) is 6.33. The van der Waals surface area contributed by atoms with E-state index in [-0.39, 0.29) is 47.7 Å². The second-order valence-electron chi connectivity index (χ2n) is 12.5. The molecule has 4 atom stereocenters. The lowest BCUT2D eigenvalue weighted by Crippen LogP contribution is -2.63. The first-order valence-corrected chi connectivity index (χ1v) is 13.3. The topological polar surface area (TPSA) is 194 Å². The molecule has 4 rings (SSSR count). The molecule has 0 spiro atoms. The number of carbonyl (C=O) groups is 4. The lowest BCUT2D eigenvalue weighted by Gasteiger charge is -2.50. The summed E-state index contributed by atoms with van der Waals surface area (Å²) in [5.74, 6) is -7.30. The smallest absolute Gasteiger partial charge is 0.255 e. The molecule has 1 aromatic rings. The average molecular weight is 571 g/mol. The Morgan fingerprint density at radius 2 is 1.73 bits per heavy atom. The van der Waals surface area contributed by atoms with E-state index < -0.39 is 63.5 Å². The number of carbonyl (C=O) groups excluding carboxylic acids is 4. The summed E-state index contributed by atoms with van der Waals surface area (Å²) in [5, 5.41) is 48.2. The van der Waals surface area contributed by atoms with E-state index in [4.69, 9.17) is 5.73 Å². The Bertz CT molecular complexity index is 1430. The molecule has 41 heavy (non-hydrogen) atoms. The minimum absolute atomic E-state index is 0.00276. The Labute approximate surface area is 238 Å². The SMILES string of the molecule is CN(C)c1cc(CNC(=O)C(C)(C)C)c(O)c2c1C[C@H]1C[C@H]3[C@H](N(C)C)C(O)=C(C(N)=O)C(=O)[C@@]3(O)C(O)=C1C2=O. The Morgan fingerprint density at radius 3 is 2.24 bits per heavy atom. The maximum atomic E-state index is 14.1. The Kier molecular flexibility index (Phi) is 7.24. The highest BCUT2D eigenvalue weighted by Gasteiger charge is 2.63. The molecule has 3 aliphatic carbocycles. The number of aromatic hydroxyl groups is 1. The highest BCUT2D eigenvalue weighted by molar-refractivity contribution is 6.25. The van der Waals surface area contributed by atoms with Crippen LogP contribution in [0.5, 0.6) is 5.75 Å². The molecule has 0 unspecified atom stereocenters. The van der Waals surface area contributed by atoms with Crippen molar-refractivity contribution in [2.45, 2.75) is 51.8 Å². The minimum atomic E-state index is -2.71. The number of Topliss-reactive ketones (excluding diaryl/α,β-unsaturated/α-hetero) is 2. The zero-order valence-electron chi connectivity index (χ0n) is 24.3. The number of anilines is 1. The second-order valence-corrected chi connectivity index (χ2v) is 12.5. The third kappa shape index (κ3) is 4.45. The van der Waals surface area contributed by atoms with Crippen molar-refractivity contribution >= 4 is 29.1 Å². The number of aliphatic hydroxyl groups is 3. The number of phenols is 1. The van der Waals surface area contributed by atoms with Crippen LogP contribution in [0.2, 0.25) is 0 Å². The van der Waals surface area contributed by atoms with Gasteiger partial charge in [-0.2, -0.15) is 0 Å². The van der Waals surface area contributed by atoms with Crippen molar-refractivity contribution in [1.82, 2.24) is 10.2 Å². The number of amides is 2. The van der Waals surface area contributed by atoms with Crippen LogP contribution in [0.1, 0.15) is 48.7 Å². The number of phenolic OH excluding ortho intramolecular Hbond substituents is 1. The summed E-state index contributed by atoms with van der Waals surface area (Å²) < 4.78 is 0. The molecule has 0 heterocycles. The van der Waals surface area contributed by atoms with Gasteiger partial charge < -0.3 is 36.4 Å². The predicted octanol–water partition coefficient (Wildman–Crippen LogP) is 0.849. The first-order chi connectivity index (χ1) is 18.8. The van der Waals surface area contributed by atoms with Crippen LogP contribution >= 0.6 is 0 Å². The molecule has 12 nitrogen and oxygen atoms in total. The van der Waals surface area contributed by atoms with Gasteiger partial charge in [0.15, 0.2) is 11.4 Å². The number of nitrogens with two attached hydrogens (primary N) is 1.